The first kappa shape index (κ1) is 21.6. The van der Waals surface area contributed by atoms with Crippen LogP contribution in [0, 0.1) is 0 Å². The molecule has 0 saturated carbocycles. The Morgan fingerprint density at radius 3 is 2.66 bits per heavy atom. The van der Waals surface area contributed by atoms with Crippen LogP contribution in [0.3, 0.4) is 0 Å². The third kappa shape index (κ3) is 3.62. The average molecular weight is 474 g/mol. The van der Waals surface area contributed by atoms with Crippen LogP contribution in [-0.4, -0.2) is 38.0 Å². The van der Waals surface area contributed by atoms with Crippen molar-refractivity contribution in [1.29, 1.82) is 0 Å². The van der Waals surface area contributed by atoms with Crippen LogP contribution in [0.5, 0.6) is 23.0 Å². The van der Waals surface area contributed by atoms with Crippen LogP contribution < -0.4 is 18.9 Å². The standard InChI is InChI=1S/C28H27NO6/c1-3-32-28(30)29-10-9-18-12-24(31-2)27(33-15-17-7-5-4-6-8-17)26-20-14-23-22(34-16-35-23)13-19(20)11-21(29)25(18)26/h4-8,12-14,21H,3,9-11,15-16H2,1-2H3. The summed E-state index contributed by atoms with van der Waals surface area (Å²) in [7, 11) is 1.67. The number of carbonyl (C=O) groups is 1. The molecule has 35 heavy (non-hydrogen) atoms. The van der Waals surface area contributed by atoms with E-state index in [9.17, 15) is 4.79 Å². The van der Waals surface area contributed by atoms with Gasteiger partial charge in [0.2, 0.25) is 6.79 Å². The molecule has 0 bridgehead atoms. The minimum atomic E-state index is -0.291. The highest BCUT2D eigenvalue weighted by Gasteiger charge is 2.41. The van der Waals surface area contributed by atoms with E-state index >= 15 is 0 Å². The molecule has 7 heteroatoms. The number of amides is 1. The monoisotopic (exact) mass is 473 g/mol. The Kier molecular flexibility index (Phi) is 5.40. The van der Waals surface area contributed by atoms with Crippen LogP contribution in [0.4, 0.5) is 4.79 Å². The fourth-order valence-electron chi connectivity index (χ4n) is 5.37. The highest BCUT2D eigenvalue weighted by Crippen LogP contribution is 2.55. The van der Waals surface area contributed by atoms with Gasteiger partial charge in [0.15, 0.2) is 23.0 Å². The van der Waals surface area contributed by atoms with Gasteiger partial charge in [-0.3, -0.25) is 0 Å². The quantitative estimate of drug-likeness (QED) is 0.502. The lowest BCUT2D eigenvalue weighted by Crippen LogP contribution is -2.42. The Labute approximate surface area is 204 Å². The molecule has 7 nitrogen and oxygen atoms in total. The van der Waals surface area contributed by atoms with Crippen molar-refractivity contribution in [2.24, 2.45) is 0 Å². The Bertz CT molecular complexity index is 1290. The second kappa shape index (κ2) is 8.73. The molecular weight excluding hydrogens is 446 g/mol. The fourth-order valence-corrected chi connectivity index (χ4v) is 5.37. The molecule has 2 heterocycles. The van der Waals surface area contributed by atoms with E-state index in [4.69, 9.17) is 23.7 Å². The average Bonchev–Trinajstić information content (AvgIpc) is 3.34. The first-order chi connectivity index (χ1) is 17.2. The Balaban J connectivity index is 1.54. The predicted octanol–water partition coefficient (Wildman–Crippen LogP) is 5.28. The number of benzene rings is 3. The summed E-state index contributed by atoms with van der Waals surface area (Å²) in [5, 5.41) is 0. The smallest absolute Gasteiger partial charge is 0.410 e. The molecule has 0 N–H and O–H groups in total. The number of rotatable bonds is 5. The van der Waals surface area contributed by atoms with Gasteiger partial charge < -0.3 is 28.6 Å². The van der Waals surface area contributed by atoms with Crippen LogP contribution >= 0.6 is 0 Å². The molecule has 1 aliphatic carbocycles. The maximum atomic E-state index is 12.9. The van der Waals surface area contributed by atoms with Crippen molar-refractivity contribution in [3.8, 4) is 34.1 Å². The normalized spacial score (nSPS) is 16.9. The molecule has 3 aliphatic rings. The predicted molar refractivity (Wildman–Crippen MR) is 129 cm³/mol. The van der Waals surface area contributed by atoms with Crippen molar-refractivity contribution < 1.29 is 28.5 Å². The lowest BCUT2D eigenvalue weighted by atomic mass is 9.76. The third-order valence-corrected chi connectivity index (χ3v) is 6.93. The summed E-state index contributed by atoms with van der Waals surface area (Å²) >= 11 is 0. The summed E-state index contributed by atoms with van der Waals surface area (Å²) in [6.07, 6.45) is 1.09. The number of hydrogen-bond donors (Lipinski definition) is 0. The molecule has 0 radical (unpaired) electrons. The molecule has 3 aromatic rings. The zero-order valence-electron chi connectivity index (χ0n) is 19.8. The van der Waals surface area contributed by atoms with Crippen LogP contribution in [0.25, 0.3) is 11.1 Å². The second-order valence-corrected chi connectivity index (χ2v) is 8.85. The second-order valence-electron chi connectivity index (χ2n) is 8.85. The SMILES string of the molecule is CCOC(=O)N1CCc2cc(OC)c(OCc3ccccc3)c3c2C1Cc1cc2c(cc1-3)OCO2. The molecule has 1 atom stereocenters. The number of carbonyl (C=O) groups excluding carboxylic acids is 1. The topological polar surface area (TPSA) is 66.5 Å². The minimum Gasteiger partial charge on any atom is -0.493 e. The summed E-state index contributed by atoms with van der Waals surface area (Å²) in [5.74, 6) is 2.79. The molecule has 6 rings (SSSR count). The Morgan fingerprint density at radius 1 is 1.09 bits per heavy atom. The maximum absolute atomic E-state index is 12.9. The van der Waals surface area contributed by atoms with Crippen molar-refractivity contribution in [2.75, 3.05) is 27.1 Å². The molecule has 180 valence electrons. The van der Waals surface area contributed by atoms with Crippen molar-refractivity contribution in [3.63, 3.8) is 0 Å². The minimum absolute atomic E-state index is 0.161. The van der Waals surface area contributed by atoms with Gasteiger partial charge in [0.05, 0.1) is 19.8 Å². The molecule has 0 saturated heterocycles. The van der Waals surface area contributed by atoms with Gasteiger partial charge in [-0.2, -0.15) is 0 Å². The van der Waals surface area contributed by atoms with Gasteiger partial charge in [0, 0.05) is 12.1 Å². The van der Waals surface area contributed by atoms with Crippen LogP contribution in [-0.2, 0) is 24.2 Å². The van der Waals surface area contributed by atoms with Gasteiger partial charge >= 0.3 is 6.09 Å². The van der Waals surface area contributed by atoms with Gasteiger partial charge in [-0.05, 0) is 65.8 Å². The number of hydrogen-bond acceptors (Lipinski definition) is 6. The Hall–Kier alpha value is -3.87. The van der Waals surface area contributed by atoms with Crippen LogP contribution in [0.15, 0.2) is 48.5 Å². The van der Waals surface area contributed by atoms with E-state index in [0.29, 0.717) is 49.8 Å². The summed E-state index contributed by atoms with van der Waals surface area (Å²) in [5.41, 5.74) is 6.37. The molecule has 1 unspecified atom stereocenters. The van der Waals surface area contributed by atoms with E-state index in [2.05, 4.69) is 6.07 Å². The van der Waals surface area contributed by atoms with Crippen LogP contribution in [0.1, 0.15) is 35.2 Å². The molecular formula is C28H27NO6. The van der Waals surface area contributed by atoms with E-state index in [1.165, 1.54) is 0 Å². The first-order valence-corrected chi connectivity index (χ1v) is 11.9. The molecule has 1 amide bonds. The molecule has 2 aliphatic heterocycles. The fraction of sp³-hybridized carbons (Fsp3) is 0.321. The van der Waals surface area contributed by atoms with Crippen LogP contribution in [0.2, 0.25) is 0 Å². The summed E-state index contributed by atoms with van der Waals surface area (Å²) in [6, 6.07) is 16.0. The summed E-state index contributed by atoms with van der Waals surface area (Å²) < 4.78 is 29.1. The van der Waals surface area contributed by atoms with Crippen molar-refractivity contribution in [2.45, 2.75) is 32.4 Å². The summed E-state index contributed by atoms with van der Waals surface area (Å²) in [6.45, 7) is 3.35. The van der Waals surface area contributed by atoms with Crippen molar-refractivity contribution >= 4 is 6.09 Å². The zero-order chi connectivity index (χ0) is 23.9. The van der Waals surface area contributed by atoms with Crippen molar-refractivity contribution in [1.82, 2.24) is 4.90 Å². The largest absolute Gasteiger partial charge is 0.493 e. The lowest BCUT2D eigenvalue weighted by Gasteiger charge is -2.41. The Morgan fingerprint density at radius 2 is 1.89 bits per heavy atom. The van der Waals surface area contributed by atoms with E-state index in [-0.39, 0.29) is 18.9 Å². The van der Waals surface area contributed by atoms with Crippen molar-refractivity contribution in [3.05, 3.63) is 70.8 Å². The number of ether oxygens (including phenoxy) is 5. The third-order valence-electron chi connectivity index (χ3n) is 6.93. The number of nitrogens with zero attached hydrogens (tertiary/aromatic N) is 1. The van der Waals surface area contributed by atoms with Gasteiger partial charge in [-0.25, -0.2) is 4.79 Å². The zero-order valence-corrected chi connectivity index (χ0v) is 19.8. The van der Waals surface area contributed by atoms with Gasteiger partial charge in [0.25, 0.3) is 0 Å². The number of fused-ring (bicyclic) bond motifs is 3. The van der Waals surface area contributed by atoms with Gasteiger partial charge in [-0.15, -0.1) is 0 Å². The van der Waals surface area contributed by atoms with Gasteiger partial charge in [-0.1, -0.05) is 30.3 Å². The molecule has 0 fully saturated rings. The molecule has 3 aromatic carbocycles. The van der Waals surface area contributed by atoms with E-state index < -0.39 is 0 Å². The van der Waals surface area contributed by atoms with E-state index in [1.807, 2.05) is 54.3 Å². The molecule has 0 spiro atoms. The highest BCUT2D eigenvalue weighted by molar-refractivity contribution is 5.86. The first-order valence-electron chi connectivity index (χ1n) is 11.9. The lowest BCUT2D eigenvalue weighted by molar-refractivity contribution is 0.0860. The van der Waals surface area contributed by atoms with Gasteiger partial charge in [0.1, 0.15) is 6.61 Å². The summed E-state index contributed by atoms with van der Waals surface area (Å²) in [4.78, 5) is 14.8. The van der Waals surface area contributed by atoms with E-state index in [1.54, 1.807) is 7.11 Å². The van der Waals surface area contributed by atoms with E-state index in [0.717, 1.165) is 39.1 Å². The number of methoxy groups -OCH3 is 1. The molecule has 0 aromatic heterocycles. The highest BCUT2D eigenvalue weighted by atomic mass is 16.7. The maximum Gasteiger partial charge on any atom is 0.410 e.